The maximum absolute atomic E-state index is 13.3. The Hall–Kier alpha value is -1.18. The second-order valence-corrected chi connectivity index (χ2v) is 11.9. The molecule has 0 N–H and O–H groups in total. The molecule has 29 heavy (non-hydrogen) atoms. The second-order valence-electron chi connectivity index (χ2n) is 9.78. The Balaban J connectivity index is 1.35. The summed E-state index contributed by atoms with van der Waals surface area (Å²) in [5.41, 5.74) is 2.09. The van der Waals surface area contributed by atoms with E-state index >= 15 is 0 Å². The molecule has 4 atom stereocenters. The van der Waals surface area contributed by atoms with Crippen LogP contribution in [0.15, 0.2) is 16.9 Å². The van der Waals surface area contributed by atoms with Crippen molar-refractivity contribution in [2.24, 2.45) is 17.8 Å². The topological polar surface area (TPSA) is 62.6 Å². The van der Waals surface area contributed by atoms with Crippen molar-refractivity contribution in [1.29, 1.82) is 0 Å². The van der Waals surface area contributed by atoms with Gasteiger partial charge in [-0.1, -0.05) is 19.4 Å². The number of sulfonamides is 1. The zero-order valence-electron chi connectivity index (χ0n) is 17.4. The molecular formula is C22H33N3O3S. The normalized spacial score (nSPS) is 32.3. The molecule has 3 fully saturated rings. The second kappa shape index (κ2) is 7.50. The van der Waals surface area contributed by atoms with Gasteiger partial charge in [0.25, 0.3) is 5.56 Å². The van der Waals surface area contributed by atoms with E-state index in [2.05, 4.69) is 11.0 Å². The van der Waals surface area contributed by atoms with Gasteiger partial charge in [0, 0.05) is 56.4 Å². The van der Waals surface area contributed by atoms with E-state index in [0.717, 1.165) is 49.1 Å². The lowest BCUT2D eigenvalue weighted by atomic mass is 9.84. The maximum Gasteiger partial charge on any atom is 0.255 e. The molecule has 6 nitrogen and oxygen atoms in total. The van der Waals surface area contributed by atoms with Crippen molar-refractivity contribution in [3.63, 3.8) is 0 Å². The van der Waals surface area contributed by atoms with Crippen LogP contribution in [0.5, 0.6) is 0 Å². The molecule has 1 aromatic heterocycles. The first-order chi connectivity index (χ1) is 13.9. The zero-order chi connectivity index (χ0) is 20.2. The number of aromatic nitrogens is 1. The van der Waals surface area contributed by atoms with Gasteiger partial charge < -0.3 is 4.57 Å². The third kappa shape index (κ3) is 3.59. The molecule has 3 aliphatic heterocycles. The average molecular weight is 420 g/mol. The fraction of sp³-hybridized carbons (Fsp3) is 0.773. The Morgan fingerprint density at radius 2 is 1.79 bits per heavy atom. The number of hydrogen-bond acceptors (Lipinski definition) is 4. The van der Waals surface area contributed by atoms with E-state index in [1.165, 1.54) is 19.3 Å². The number of rotatable bonds is 5. The van der Waals surface area contributed by atoms with Crippen molar-refractivity contribution in [2.75, 3.05) is 31.9 Å². The van der Waals surface area contributed by atoms with Gasteiger partial charge >= 0.3 is 0 Å². The summed E-state index contributed by atoms with van der Waals surface area (Å²) in [6.07, 6.45) is 5.72. The first kappa shape index (κ1) is 19.8. The van der Waals surface area contributed by atoms with E-state index in [4.69, 9.17) is 0 Å². The van der Waals surface area contributed by atoms with Crippen LogP contribution in [0.4, 0.5) is 0 Å². The standard InChI is InChI=1S/C22H33N3O3S/c1-2-8-29(27,28)24-10-16-9-20(15-24)21-7-6-19(22(26)25(21)11-16)14-23-12-17-4-3-5-18(17)13-23/h6-7,16-18,20H,2-5,8-15H2,1H3/t16-,17-,18+,20+/m0/s1. The van der Waals surface area contributed by atoms with Crippen molar-refractivity contribution in [2.45, 2.75) is 58.0 Å². The summed E-state index contributed by atoms with van der Waals surface area (Å²) < 4.78 is 28.8. The molecule has 1 aromatic rings. The number of likely N-dealkylation sites (tertiary alicyclic amines) is 1. The summed E-state index contributed by atoms with van der Waals surface area (Å²) in [6, 6.07) is 4.12. The Kier molecular flexibility index (Phi) is 5.11. The van der Waals surface area contributed by atoms with E-state index in [9.17, 15) is 13.2 Å². The summed E-state index contributed by atoms with van der Waals surface area (Å²) in [5, 5.41) is 0. The van der Waals surface area contributed by atoms with Crippen LogP contribution in [0, 0.1) is 17.8 Å². The third-order valence-electron chi connectivity index (χ3n) is 7.70. The van der Waals surface area contributed by atoms with Crippen molar-refractivity contribution in [3.8, 4) is 0 Å². The molecule has 2 saturated heterocycles. The van der Waals surface area contributed by atoms with E-state index in [-0.39, 0.29) is 23.1 Å². The highest BCUT2D eigenvalue weighted by atomic mass is 32.2. The monoisotopic (exact) mass is 419 g/mol. The molecule has 0 unspecified atom stereocenters. The van der Waals surface area contributed by atoms with E-state index in [0.29, 0.717) is 26.1 Å². The van der Waals surface area contributed by atoms with Gasteiger partial charge in [-0.15, -0.1) is 0 Å². The minimum Gasteiger partial charge on any atom is -0.312 e. The summed E-state index contributed by atoms with van der Waals surface area (Å²) in [4.78, 5) is 15.7. The number of hydrogen-bond donors (Lipinski definition) is 0. The van der Waals surface area contributed by atoms with Gasteiger partial charge in [0.05, 0.1) is 5.75 Å². The van der Waals surface area contributed by atoms with Crippen LogP contribution in [-0.4, -0.2) is 54.1 Å². The van der Waals surface area contributed by atoms with Crippen LogP contribution in [0.25, 0.3) is 0 Å². The zero-order valence-corrected chi connectivity index (χ0v) is 18.2. The smallest absolute Gasteiger partial charge is 0.255 e. The van der Waals surface area contributed by atoms with Crippen LogP contribution >= 0.6 is 0 Å². The maximum atomic E-state index is 13.3. The fourth-order valence-corrected chi connectivity index (χ4v) is 8.00. The number of pyridine rings is 1. The molecular weight excluding hydrogens is 386 g/mol. The van der Waals surface area contributed by atoms with Crippen molar-refractivity contribution >= 4 is 10.0 Å². The first-order valence-corrected chi connectivity index (χ1v) is 13.0. The van der Waals surface area contributed by atoms with Crippen LogP contribution in [-0.2, 0) is 23.1 Å². The minimum atomic E-state index is -3.18. The number of piperidine rings is 1. The molecule has 5 rings (SSSR count). The van der Waals surface area contributed by atoms with Crippen LogP contribution in [0.2, 0.25) is 0 Å². The molecule has 7 heteroatoms. The molecule has 0 spiro atoms. The molecule has 0 amide bonds. The highest BCUT2D eigenvalue weighted by molar-refractivity contribution is 7.89. The van der Waals surface area contributed by atoms with Crippen LogP contribution < -0.4 is 5.56 Å². The SMILES string of the molecule is CCCS(=O)(=O)N1C[C@@H]2C[C@H](C1)c1ccc(CN3C[C@H]4CCC[C@H]4C3)c(=O)n1C2. The van der Waals surface area contributed by atoms with Gasteiger partial charge in [-0.05, 0) is 49.5 Å². The predicted octanol–water partition coefficient (Wildman–Crippen LogP) is 2.24. The van der Waals surface area contributed by atoms with Crippen molar-refractivity contribution in [3.05, 3.63) is 33.7 Å². The highest BCUT2D eigenvalue weighted by Crippen LogP contribution is 2.39. The Morgan fingerprint density at radius 3 is 2.52 bits per heavy atom. The van der Waals surface area contributed by atoms with Gasteiger partial charge in [0.1, 0.15) is 0 Å². The van der Waals surface area contributed by atoms with E-state index in [1.807, 2.05) is 17.6 Å². The molecule has 0 radical (unpaired) electrons. The number of fused-ring (bicyclic) bond motifs is 5. The summed E-state index contributed by atoms with van der Waals surface area (Å²) in [7, 11) is -3.18. The van der Waals surface area contributed by atoms with E-state index < -0.39 is 10.0 Å². The molecule has 4 heterocycles. The first-order valence-electron chi connectivity index (χ1n) is 11.4. The summed E-state index contributed by atoms with van der Waals surface area (Å²) in [5.74, 6) is 2.28. The van der Waals surface area contributed by atoms with Crippen molar-refractivity contribution in [1.82, 2.24) is 13.8 Å². The van der Waals surface area contributed by atoms with Gasteiger partial charge in [-0.2, -0.15) is 0 Å². The molecule has 2 bridgehead atoms. The Morgan fingerprint density at radius 1 is 1.03 bits per heavy atom. The minimum absolute atomic E-state index is 0.141. The fourth-order valence-electron chi connectivity index (χ4n) is 6.38. The Bertz CT molecular complexity index is 929. The van der Waals surface area contributed by atoms with Gasteiger partial charge in [0.2, 0.25) is 10.0 Å². The average Bonchev–Trinajstić information content (AvgIpc) is 3.26. The lowest BCUT2D eigenvalue weighted by molar-refractivity contribution is 0.185. The molecule has 4 aliphatic rings. The molecule has 1 aliphatic carbocycles. The van der Waals surface area contributed by atoms with Gasteiger partial charge in [0.15, 0.2) is 0 Å². The highest BCUT2D eigenvalue weighted by Gasteiger charge is 2.39. The molecule has 0 aromatic carbocycles. The van der Waals surface area contributed by atoms with Crippen molar-refractivity contribution < 1.29 is 8.42 Å². The summed E-state index contributed by atoms with van der Waals surface area (Å²) >= 11 is 0. The molecule has 1 saturated carbocycles. The quantitative estimate of drug-likeness (QED) is 0.734. The lowest BCUT2D eigenvalue weighted by Crippen LogP contribution is -2.50. The number of nitrogens with zero attached hydrogens (tertiary/aromatic N) is 3. The summed E-state index contributed by atoms with van der Waals surface area (Å²) in [6.45, 7) is 6.69. The lowest BCUT2D eigenvalue weighted by Gasteiger charge is -2.42. The molecule has 160 valence electrons. The van der Waals surface area contributed by atoms with Gasteiger partial charge in [-0.25, -0.2) is 12.7 Å². The van der Waals surface area contributed by atoms with Crippen LogP contribution in [0.3, 0.4) is 0 Å². The van der Waals surface area contributed by atoms with Crippen LogP contribution in [0.1, 0.15) is 56.2 Å². The van der Waals surface area contributed by atoms with E-state index in [1.54, 1.807) is 4.31 Å². The Labute approximate surface area is 173 Å². The third-order valence-corrected chi connectivity index (χ3v) is 9.71. The van der Waals surface area contributed by atoms with Gasteiger partial charge in [-0.3, -0.25) is 9.69 Å². The largest absolute Gasteiger partial charge is 0.312 e. The predicted molar refractivity (Wildman–Crippen MR) is 113 cm³/mol.